The van der Waals surface area contributed by atoms with E-state index in [2.05, 4.69) is 34.0 Å². The second-order valence-electron chi connectivity index (χ2n) is 3.27. The van der Waals surface area contributed by atoms with Crippen molar-refractivity contribution < 1.29 is 21.2 Å². The molecule has 14 heavy (non-hydrogen) atoms. The number of aromatic amines is 2. The maximum absolute atomic E-state index is 4.30. The first-order valence-electron chi connectivity index (χ1n) is 4.49. The molecule has 0 atom stereocenters. The molecule has 2 heterocycles. The number of alkyl halides is 1. The molecule has 0 saturated heterocycles. The van der Waals surface area contributed by atoms with Gasteiger partial charge in [0, 0.05) is 0 Å². The van der Waals surface area contributed by atoms with Crippen LogP contribution < -0.4 is 21.2 Å². The average Bonchev–Trinajstić information content (AvgIpc) is 2.72. The van der Waals surface area contributed by atoms with E-state index in [0.29, 0.717) is 0 Å². The second kappa shape index (κ2) is 4.16. The van der Waals surface area contributed by atoms with E-state index in [4.69, 9.17) is 0 Å². The molecule has 0 unspecified atom stereocenters. The van der Waals surface area contributed by atoms with Gasteiger partial charge in [0.25, 0.3) is 0 Å². The number of nitrogens with zero attached hydrogens (tertiary/aromatic N) is 1. The van der Waals surface area contributed by atoms with Crippen LogP contribution in [0.1, 0.15) is 17.2 Å². The van der Waals surface area contributed by atoms with Crippen LogP contribution in [0.3, 0.4) is 0 Å². The van der Waals surface area contributed by atoms with Crippen molar-refractivity contribution in [3.8, 4) is 0 Å². The third-order valence-corrected chi connectivity index (χ3v) is 4.44. The van der Waals surface area contributed by atoms with E-state index in [1.165, 1.54) is 9.39 Å². The van der Waals surface area contributed by atoms with Crippen molar-refractivity contribution in [2.75, 3.05) is 0 Å². The number of aromatic nitrogens is 3. The Morgan fingerprint density at radius 3 is 2.64 bits per heavy atom. The molecule has 3 nitrogen and oxygen atoms in total. The van der Waals surface area contributed by atoms with E-state index in [0.717, 1.165) is 15.9 Å². The van der Waals surface area contributed by atoms with Crippen LogP contribution in [0, 0.1) is 17.5 Å². The van der Waals surface area contributed by atoms with E-state index >= 15 is 0 Å². The summed E-state index contributed by atoms with van der Waals surface area (Å²) in [5.74, 6) is 1.11. The number of imidazole rings is 1. The normalized spacial score (nSPS) is 11.0. The van der Waals surface area contributed by atoms with Crippen molar-refractivity contribution in [1.82, 2.24) is 15.0 Å². The van der Waals surface area contributed by atoms with E-state index in [-0.39, 0.29) is 21.2 Å². The van der Waals surface area contributed by atoms with Gasteiger partial charge in [-0.15, -0.1) is 0 Å². The van der Waals surface area contributed by atoms with E-state index in [1.807, 2.05) is 13.1 Å². The summed E-state index contributed by atoms with van der Waals surface area (Å²) in [4.78, 5) is 10.9. The Morgan fingerprint density at radius 1 is 1.21 bits per heavy atom. The predicted octanol–water partition coefficient (Wildman–Crippen LogP) is -1.19. The molecule has 0 spiro atoms. The van der Waals surface area contributed by atoms with Gasteiger partial charge in [-0.05, 0) is 0 Å². The molecule has 0 aliphatic carbocycles. The minimum absolute atomic E-state index is 0.0330. The van der Waals surface area contributed by atoms with Crippen molar-refractivity contribution in [3.63, 3.8) is 0 Å². The number of hydrogen-bond acceptors (Lipinski definition) is 1. The Balaban J connectivity index is 1.94. The van der Waals surface area contributed by atoms with Gasteiger partial charge in [-0.2, -0.15) is 0 Å². The van der Waals surface area contributed by atoms with E-state index in [9.17, 15) is 0 Å². The van der Waals surface area contributed by atoms with Crippen LogP contribution in [0.4, 0.5) is 0 Å². The van der Waals surface area contributed by atoms with Crippen LogP contribution >= 0.6 is 0 Å². The Kier molecular flexibility index (Phi) is 2.90. The van der Waals surface area contributed by atoms with Crippen molar-refractivity contribution in [3.05, 3.63) is 39.2 Å². The number of hydrogen-bond donors (Lipinski definition) is 2. The zero-order valence-electron chi connectivity index (χ0n) is 8.26. The standard InChI is InChI=1S/C10H13IN3/c1-7-3-4-9(13-7)11-5-10-12-6-8(2)14-10/h3-4,6,13H,5H2,1-2H3,(H,12,14)/q-1. The summed E-state index contributed by atoms with van der Waals surface area (Å²) in [5.41, 5.74) is 2.39. The fourth-order valence-corrected chi connectivity index (χ4v) is 3.43. The van der Waals surface area contributed by atoms with Gasteiger partial charge in [-0.1, -0.05) is 0 Å². The number of H-pyrrole nitrogens is 2. The summed E-state index contributed by atoms with van der Waals surface area (Å²) in [6, 6.07) is 4.31. The Morgan fingerprint density at radius 2 is 2.07 bits per heavy atom. The molecule has 0 aliphatic heterocycles. The Hall–Kier alpha value is -0.780. The molecular formula is C10H13IN3-. The molecule has 0 radical (unpaired) electrons. The monoisotopic (exact) mass is 302 g/mol. The van der Waals surface area contributed by atoms with Crippen LogP contribution in [-0.4, -0.2) is 15.0 Å². The van der Waals surface area contributed by atoms with Gasteiger partial charge in [0.15, 0.2) is 0 Å². The van der Waals surface area contributed by atoms with Crippen LogP contribution in [0.2, 0.25) is 0 Å². The molecule has 76 valence electrons. The molecule has 0 fully saturated rings. The Bertz CT molecular complexity index is 376. The fraction of sp³-hybridized carbons (Fsp3) is 0.300. The molecule has 0 aromatic carbocycles. The molecule has 2 N–H and O–H groups in total. The topological polar surface area (TPSA) is 44.5 Å². The summed E-state index contributed by atoms with van der Waals surface area (Å²) < 4.78 is 2.46. The van der Waals surface area contributed by atoms with Crippen LogP contribution in [-0.2, 0) is 4.43 Å². The number of halogens is 1. The summed E-state index contributed by atoms with van der Waals surface area (Å²) in [6.07, 6.45) is 1.89. The first-order chi connectivity index (χ1) is 6.74. The molecule has 0 aliphatic rings. The zero-order chi connectivity index (χ0) is 9.97. The molecule has 0 amide bonds. The SMILES string of the molecule is Cc1ccc([I-]Cc2ncc(C)[nH]2)[nH]1. The van der Waals surface area contributed by atoms with Gasteiger partial charge in [0.2, 0.25) is 0 Å². The fourth-order valence-electron chi connectivity index (χ4n) is 1.22. The number of rotatable bonds is 3. The van der Waals surface area contributed by atoms with Gasteiger partial charge in [-0.3, -0.25) is 0 Å². The van der Waals surface area contributed by atoms with Crippen molar-refractivity contribution in [1.29, 1.82) is 0 Å². The summed E-state index contributed by atoms with van der Waals surface area (Å²) in [5, 5.41) is 0. The number of aryl methyl sites for hydroxylation is 2. The van der Waals surface area contributed by atoms with E-state index in [1.54, 1.807) is 0 Å². The first-order valence-corrected chi connectivity index (χ1v) is 7.10. The van der Waals surface area contributed by atoms with Gasteiger partial charge in [0.1, 0.15) is 0 Å². The maximum atomic E-state index is 4.30. The van der Waals surface area contributed by atoms with Gasteiger partial charge in [-0.25, -0.2) is 0 Å². The molecule has 2 rings (SSSR count). The van der Waals surface area contributed by atoms with Crippen molar-refractivity contribution in [2.45, 2.75) is 18.3 Å². The van der Waals surface area contributed by atoms with E-state index < -0.39 is 0 Å². The minimum atomic E-state index is 0.0330. The van der Waals surface area contributed by atoms with Crippen molar-refractivity contribution in [2.24, 2.45) is 0 Å². The zero-order valence-corrected chi connectivity index (χ0v) is 10.4. The summed E-state index contributed by atoms with van der Waals surface area (Å²) in [6.45, 7) is 4.12. The third kappa shape index (κ3) is 2.37. The van der Waals surface area contributed by atoms with Crippen molar-refractivity contribution >= 4 is 0 Å². The van der Waals surface area contributed by atoms with Crippen LogP contribution in [0.5, 0.6) is 0 Å². The molecular weight excluding hydrogens is 289 g/mol. The van der Waals surface area contributed by atoms with Crippen LogP contribution in [0.15, 0.2) is 18.3 Å². The van der Waals surface area contributed by atoms with Gasteiger partial charge >= 0.3 is 93.7 Å². The molecule has 0 bridgehead atoms. The predicted molar refractivity (Wildman–Crippen MR) is 51.3 cm³/mol. The van der Waals surface area contributed by atoms with Crippen LogP contribution in [0.25, 0.3) is 0 Å². The molecule has 2 aromatic heterocycles. The third-order valence-electron chi connectivity index (χ3n) is 1.89. The quantitative estimate of drug-likeness (QED) is 0.544. The molecule has 2 aromatic rings. The molecule has 0 saturated carbocycles. The molecule has 4 heteroatoms. The number of nitrogens with one attached hydrogen (secondary N) is 2. The second-order valence-corrected chi connectivity index (χ2v) is 5.96. The van der Waals surface area contributed by atoms with Gasteiger partial charge in [0.05, 0.1) is 0 Å². The average molecular weight is 302 g/mol. The summed E-state index contributed by atoms with van der Waals surface area (Å²) >= 11 is 0.0330. The summed E-state index contributed by atoms with van der Waals surface area (Å²) in [7, 11) is 0. The first kappa shape index (κ1) is 9.76. The Labute approximate surface area is 93.6 Å². The van der Waals surface area contributed by atoms with Gasteiger partial charge < -0.3 is 0 Å².